The van der Waals surface area contributed by atoms with Crippen LogP contribution >= 0.6 is 24.0 Å². The van der Waals surface area contributed by atoms with Crippen molar-refractivity contribution in [2.75, 3.05) is 37.6 Å². The zero-order valence-electron chi connectivity index (χ0n) is 22.4. The second kappa shape index (κ2) is 12.7. The van der Waals surface area contributed by atoms with E-state index in [9.17, 15) is 14.9 Å². The van der Waals surface area contributed by atoms with Crippen molar-refractivity contribution in [3.63, 3.8) is 0 Å². The van der Waals surface area contributed by atoms with Crippen molar-refractivity contribution < 1.29 is 4.79 Å². The van der Waals surface area contributed by atoms with Gasteiger partial charge in [0.15, 0.2) is 0 Å². The number of piperazine rings is 1. The predicted octanol–water partition coefficient (Wildman–Crippen LogP) is 4.76. The van der Waals surface area contributed by atoms with Crippen LogP contribution in [0.2, 0.25) is 0 Å². The number of carbonyl (C=O) groups is 1. The molecule has 3 heterocycles. The number of carbonyl (C=O) groups excluding carboxylic acids is 1. The van der Waals surface area contributed by atoms with E-state index in [-0.39, 0.29) is 17.0 Å². The molecule has 0 unspecified atom stereocenters. The lowest BCUT2D eigenvalue weighted by Crippen LogP contribution is -2.48. The first kappa shape index (κ1) is 28.1. The fraction of sp³-hybridized carbons (Fsp3) is 0.448. The highest BCUT2D eigenvalue weighted by molar-refractivity contribution is 8.26. The van der Waals surface area contributed by atoms with Gasteiger partial charge in [0.2, 0.25) is 0 Å². The van der Waals surface area contributed by atoms with Crippen LogP contribution in [-0.2, 0) is 17.9 Å². The maximum absolute atomic E-state index is 13.5. The summed E-state index contributed by atoms with van der Waals surface area (Å²) in [6.07, 6.45) is 4.43. The van der Waals surface area contributed by atoms with Crippen LogP contribution in [0.1, 0.15) is 55.4 Å². The molecule has 2 aliphatic heterocycles. The SMILES string of the molecule is CCCCn1c(N2CCN(Cc3ccccc3)CC2)c(/C=C2\SC(=S)N(CCC)C2=O)c(C)c(C#N)c1=O. The molecular formula is C29H35N5O2S2. The maximum atomic E-state index is 13.5. The molecule has 1 amide bonds. The van der Waals surface area contributed by atoms with E-state index >= 15 is 0 Å². The van der Waals surface area contributed by atoms with E-state index in [2.05, 4.69) is 47.1 Å². The van der Waals surface area contributed by atoms with Gasteiger partial charge in [-0.25, -0.2) is 0 Å². The Kier molecular flexibility index (Phi) is 9.42. The van der Waals surface area contributed by atoms with Crippen LogP contribution in [0.5, 0.6) is 0 Å². The van der Waals surface area contributed by atoms with Crippen molar-refractivity contribution in [3.05, 3.63) is 67.8 Å². The Morgan fingerprint density at radius 3 is 2.39 bits per heavy atom. The topological polar surface area (TPSA) is 72.6 Å². The second-order valence-electron chi connectivity index (χ2n) is 9.74. The van der Waals surface area contributed by atoms with Crippen LogP contribution in [0.15, 0.2) is 40.0 Å². The number of hydrogen-bond acceptors (Lipinski definition) is 7. The summed E-state index contributed by atoms with van der Waals surface area (Å²) < 4.78 is 2.32. The molecule has 0 radical (unpaired) electrons. The molecule has 2 aliphatic rings. The largest absolute Gasteiger partial charge is 0.355 e. The van der Waals surface area contributed by atoms with Gasteiger partial charge in [-0.05, 0) is 37.0 Å². The first-order chi connectivity index (χ1) is 18.4. The normalized spacial score (nSPS) is 17.5. The lowest BCUT2D eigenvalue weighted by molar-refractivity contribution is -0.122. The number of nitriles is 1. The average Bonchev–Trinajstić information content (AvgIpc) is 3.18. The minimum absolute atomic E-state index is 0.107. The minimum Gasteiger partial charge on any atom is -0.355 e. The summed E-state index contributed by atoms with van der Waals surface area (Å²) in [5.41, 5.74) is 2.56. The molecule has 7 nitrogen and oxygen atoms in total. The Balaban J connectivity index is 1.74. The molecule has 0 bridgehead atoms. The van der Waals surface area contributed by atoms with Crippen molar-refractivity contribution in [2.45, 2.75) is 53.1 Å². The fourth-order valence-electron chi connectivity index (χ4n) is 5.02. The Morgan fingerprint density at radius 2 is 1.76 bits per heavy atom. The minimum atomic E-state index is -0.254. The van der Waals surface area contributed by atoms with E-state index in [1.165, 1.54) is 17.3 Å². The monoisotopic (exact) mass is 549 g/mol. The Hall–Kier alpha value is -2.93. The van der Waals surface area contributed by atoms with E-state index in [1.807, 2.05) is 26.0 Å². The number of aromatic nitrogens is 1. The van der Waals surface area contributed by atoms with E-state index in [1.54, 1.807) is 9.47 Å². The number of benzene rings is 1. The van der Waals surface area contributed by atoms with E-state index in [0.717, 1.165) is 63.4 Å². The van der Waals surface area contributed by atoms with Crippen molar-refractivity contribution >= 4 is 46.1 Å². The van der Waals surface area contributed by atoms with Crippen LogP contribution in [0.25, 0.3) is 6.08 Å². The number of anilines is 1. The molecule has 0 spiro atoms. The van der Waals surface area contributed by atoms with Gasteiger partial charge in [-0.1, -0.05) is 74.6 Å². The second-order valence-corrected chi connectivity index (χ2v) is 11.4. The van der Waals surface area contributed by atoms with Gasteiger partial charge in [0, 0.05) is 51.4 Å². The molecule has 200 valence electrons. The summed E-state index contributed by atoms with van der Waals surface area (Å²) in [6.45, 7) is 11.1. The highest BCUT2D eigenvalue weighted by Gasteiger charge is 2.33. The smallest absolute Gasteiger partial charge is 0.270 e. The van der Waals surface area contributed by atoms with E-state index < -0.39 is 0 Å². The summed E-state index contributed by atoms with van der Waals surface area (Å²) >= 11 is 6.79. The van der Waals surface area contributed by atoms with Gasteiger partial charge >= 0.3 is 0 Å². The number of thiocarbonyl (C=S) groups is 1. The van der Waals surface area contributed by atoms with Gasteiger partial charge in [0.25, 0.3) is 11.5 Å². The molecule has 0 aliphatic carbocycles. The number of thioether (sulfide) groups is 1. The Morgan fingerprint density at radius 1 is 1.05 bits per heavy atom. The van der Waals surface area contributed by atoms with E-state index in [4.69, 9.17) is 12.2 Å². The summed E-state index contributed by atoms with van der Waals surface area (Å²) in [5.74, 6) is 0.699. The standard InChI is InChI=1S/C29H35N5O2S2/c1-4-6-13-33-26(32-16-14-31(15-17-32)20-22-10-8-7-9-11-22)23(21(3)24(19-30)27(33)35)18-25-28(36)34(12-5-2)29(37)38-25/h7-11,18H,4-6,12-17,20H2,1-3H3/b25-18-. The fourth-order valence-corrected chi connectivity index (χ4v) is 6.31. The molecule has 0 atom stereocenters. The van der Waals surface area contributed by atoms with Crippen LogP contribution in [0.4, 0.5) is 5.82 Å². The van der Waals surface area contributed by atoms with Gasteiger partial charge in [-0.2, -0.15) is 5.26 Å². The van der Waals surface area contributed by atoms with E-state index in [0.29, 0.717) is 27.9 Å². The van der Waals surface area contributed by atoms with Crippen LogP contribution in [0.3, 0.4) is 0 Å². The number of amides is 1. The first-order valence-corrected chi connectivity index (χ1v) is 14.6. The third-order valence-electron chi connectivity index (χ3n) is 7.10. The van der Waals surface area contributed by atoms with Gasteiger partial charge in [0.05, 0.1) is 4.91 Å². The van der Waals surface area contributed by atoms with Crippen LogP contribution in [-0.4, -0.2) is 57.3 Å². The van der Waals surface area contributed by atoms with Gasteiger partial charge in [-0.3, -0.25) is 24.0 Å². The maximum Gasteiger partial charge on any atom is 0.270 e. The zero-order valence-corrected chi connectivity index (χ0v) is 24.0. The van der Waals surface area contributed by atoms with Crippen molar-refractivity contribution in [1.29, 1.82) is 5.26 Å². The number of hydrogen-bond donors (Lipinski definition) is 0. The molecule has 2 fully saturated rings. The molecule has 1 aromatic carbocycles. The molecule has 2 saturated heterocycles. The average molecular weight is 550 g/mol. The Bertz CT molecular complexity index is 1320. The summed E-state index contributed by atoms with van der Waals surface area (Å²) in [6, 6.07) is 12.6. The quantitative estimate of drug-likeness (QED) is 0.330. The summed E-state index contributed by atoms with van der Waals surface area (Å²) in [5, 5.41) is 9.91. The van der Waals surface area contributed by atoms with Gasteiger partial charge < -0.3 is 4.90 Å². The zero-order chi connectivity index (χ0) is 27.2. The number of unbranched alkanes of at least 4 members (excludes halogenated alkanes) is 1. The summed E-state index contributed by atoms with van der Waals surface area (Å²) in [4.78, 5) is 33.6. The highest BCUT2D eigenvalue weighted by atomic mass is 32.2. The molecule has 0 N–H and O–H groups in total. The molecule has 38 heavy (non-hydrogen) atoms. The van der Waals surface area contributed by atoms with Gasteiger partial charge in [-0.15, -0.1) is 0 Å². The first-order valence-electron chi connectivity index (χ1n) is 13.3. The molecular weight excluding hydrogens is 514 g/mol. The molecule has 9 heteroatoms. The third kappa shape index (κ3) is 5.88. The van der Waals surface area contributed by atoms with Crippen LogP contribution < -0.4 is 10.5 Å². The predicted molar refractivity (Wildman–Crippen MR) is 159 cm³/mol. The number of pyridine rings is 1. The lowest BCUT2D eigenvalue weighted by Gasteiger charge is -2.38. The van der Waals surface area contributed by atoms with Crippen molar-refractivity contribution in [1.82, 2.24) is 14.4 Å². The third-order valence-corrected chi connectivity index (χ3v) is 8.48. The number of rotatable bonds is 9. The van der Waals surface area contributed by atoms with Gasteiger partial charge in [0.1, 0.15) is 21.8 Å². The molecule has 4 rings (SSSR count). The molecule has 1 aromatic heterocycles. The number of nitrogens with zero attached hydrogens (tertiary/aromatic N) is 5. The molecule has 0 saturated carbocycles. The van der Waals surface area contributed by atoms with Crippen LogP contribution in [0, 0.1) is 18.3 Å². The lowest BCUT2D eigenvalue weighted by atomic mass is 10.0. The molecule has 2 aromatic rings. The summed E-state index contributed by atoms with van der Waals surface area (Å²) in [7, 11) is 0. The Labute approximate surface area is 234 Å². The van der Waals surface area contributed by atoms with Crippen molar-refractivity contribution in [2.24, 2.45) is 0 Å². The van der Waals surface area contributed by atoms with Crippen molar-refractivity contribution in [3.8, 4) is 6.07 Å². The highest BCUT2D eigenvalue weighted by Crippen LogP contribution is 2.36.